The van der Waals surface area contributed by atoms with Gasteiger partial charge in [0.15, 0.2) is 0 Å². The molecule has 0 spiro atoms. The summed E-state index contributed by atoms with van der Waals surface area (Å²) in [5, 5.41) is 10.1. The van der Waals surface area contributed by atoms with Gasteiger partial charge < -0.3 is 11.5 Å². The molecule has 0 aliphatic heterocycles. The van der Waals surface area contributed by atoms with Crippen LogP contribution in [0, 0.1) is 6.92 Å². The minimum absolute atomic E-state index is 0.159. The second kappa shape index (κ2) is 5.21. The van der Waals surface area contributed by atoms with E-state index in [2.05, 4.69) is 15.3 Å². The van der Waals surface area contributed by atoms with E-state index in [4.69, 9.17) is 11.5 Å². The van der Waals surface area contributed by atoms with Crippen LogP contribution in [0.25, 0.3) is 5.69 Å². The van der Waals surface area contributed by atoms with Crippen molar-refractivity contribution in [1.29, 1.82) is 0 Å². The maximum absolute atomic E-state index is 12.2. The Hall–Kier alpha value is -2.83. The van der Waals surface area contributed by atoms with Gasteiger partial charge in [-0.3, -0.25) is 9.89 Å². The molecule has 0 bridgehead atoms. The van der Waals surface area contributed by atoms with Gasteiger partial charge in [-0.2, -0.15) is 5.10 Å². The van der Waals surface area contributed by atoms with E-state index in [1.165, 1.54) is 10.9 Å². The number of aromatic amines is 1. The second-order valence-corrected chi connectivity index (χ2v) is 3.90. The molecule has 0 aliphatic carbocycles. The number of H-pyrrole nitrogens is 1. The normalized spacial score (nSPS) is 10.8. The highest BCUT2D eigenvalue weighted by atomic mass is 16.1. The molecule has 0 saturated carbocycles. The number of nitrogens with two attached hydrogens (primary N) is 2. The fourth-order valence-electron chi connectivity index (χ4n) is 1.62. The number of hydrogen-bond acceptors (Lipinski definition) is 3. The van der Waals surface area contributed by atoms with Crippen molar-refractivity contribution in [2.75, 3.05) is 0 Å². The molecule has 1 heterocycles. The van der Waals surface area contributed by atoms with Gasteiger partial charge in [0.2, 0.25) is 5.96 Å². The molecule has 2 aromatic rings. The SMILES string of the molecule is Cc1[nH]n(-c2ccccc2)c(=O)c1C=NN=C(N)N. The lowest BCUT2D eigenvalue weighted by molar-refractivity contribution is 0.835. The van der Waals surface area contributed by atoms with Gasteiger partial charge in [-0.25, -0.2) is 4.68 Å². The first-order chi connectivity index (χ1) is 9.09. The quantitative estimate of drug-likeness (QED) is 0.411. The molecule has 1 aromatic heterocycles. The highest BCUT2D eigenvalue weighted by Crippen LogP contribution is 2.05. The fraction of sp³-hybridized carbons (Fsp3) is 0.0833. The number of aromatic nitrogens is 2. The van der Waals surface area contributed by atoms with Gasteiger partial charge in [0.1, 0.15) is 0 Å². The monoisotopic (exact) mass is 258 g/mol. The number of guanidine groups is 1. The smallest absolute Gasteiger partial charge is 0.280 e. The standard InChI is InChI=1S/C12H14N6O/c1-8-10(7-15-16-12(13)14)11(19)18(17-8)9-5-3-2-4-6-9/h2-7,17H,1H3,(H4,13,14,16). The van der Waals surface area contributed by atoms with Crippen molar-refractivity contribution < 1.29 is 0 Å². The van der Waals surface area contributed by atoms with Crippen LogP contribution < -0.4 is 17.0 Å². The third-order valence-corrected chi connectivity index (χ3v) is 2.49. The van der Waals surface area contributed by atoms with E-state index in [9.17, 15) is 4.79 Å². The van der Waals surface area contributed by atoms with E-state index in [-0.39, 0.29) is 11.5 Å². The lowest BCUT2D eigenvalue weighted by Gasteiger charge is -1.99. The molecule has 5 N–H and O–H groups in total. The Balaban J connectivity index is 2.44. The van der Waals surface area contributed by atoms with Gasteiger partial charge >= 0.3 is 0 Å². The van der Waals surface area contributed by atoms with E-state index in [0.29, 0.717) is 11.3 Å². The molecule has 98 valence electrons. The van der Waals surface area contributed by atoms with Gasteiger partial charge in [0.05, 0.1) is 17.5 Å². The molecule has 0 amide bonds. The van der Waals surface area contributed by atoms with E-state index in [0.717, 1.165) is 5.69 Å². The number of benzene rings is 1. The van der Waals surface area contributed by atoms with E-state index in [1.807, 2.05) is 30.3 Å². The Bertz CT molecular complexity index is 676. The summed E-state index contributed by atoms with van der Waals surface area (Å²) < 4.78 is 1.44. The Labute approximate surface area is 109 Å². The minimum Gasteiger partial charge on any atom is -0.369 e. The summed E-state index contributed by atoms with van der Waals surface area (Å²) in [6.07, 6.45) is 1.33. The number of hydrogen-bond donors (Lipinski definition) is 3. The molecular weight excluding hydrogens is 244 g/mol. The predicted molar refractivity (Wildman–Crippen MR) is 74.5 cm³/mol. The molecule has 0 unspecified atom stereocenters. The lowest BCUT2D eigenvalue weighted by Crippen LogP contribution is -2.22. The molecule has 0 saturated heterocycles. The van der Waals surface area contributed by atoms with Crippen molar-refractivity contribution in [3.63, 3.8) is 0 Å². The minimum atomic E-state index is -0.210. The van der Waals surface area contributed by atoms with Gasteiger partial charge in [0.25, 0.3) is 5.56 Å². The van der Waals surface area contributed by atoms with Crippen molar-refractivity contribution in [1.82, 2.24) is 9.78 Å². The molecule has 7 heteroatoms. The highest BCUT2D eigenvalue weighted by Gasteiger charge is 2.09. The van der Waals surface area contributed by atoms with E-state index < -0.39 is 0 Å². The van der Waals surface area contributed by atoms with Crippen LogP contribution in [0.1, 0.15) is 11.3 Å². The molecule has 7 nitrogen and oxygen atoms in total. The zero-order valence-corrected chi connectivity index (χ0v) is 10.4. The van der Waals surface area contributed by atoms with Crippen LogP contribution >= 0.6 is 0 Å². The third kappa shape index (κ3) is 2.71. The largest absolute Gasteiger partial charge is 0.369 e. The second-order valence-electron chi connectivity index (χ2n) is 3.90. The number of aryl methyl sites for hydroxylation is 1. The van der Waals surface area contributed by atoms with E-state index in [1.54, 1.807) is 6.92 Å². The molecule has 19 heavy (non-hydrogen) atoms. The van der Waals surface area contributed by atoms with Crippen molar-refractivity contribution in [2.24, 2.45) is 21.7 Å². The van der Waals surface area contributed by atoms with Crippen LogP contribution in [-0.2, 0) is 0 Å². The summed E-state index contributed by atoms with van der Waals surface area (Å²) in [6.45, 7) is 1.78. The molecule has 2 rings (SSSR count). The molecule has 0 radical (unpaired) electrons. The van der Waals surface area contributed by atoms with Crippen LogP contribution in [0.4, 0.5) is 0 Å². The summed E-state index contributed by atoms with van der Waals surface area (Å²) >= 11 is 0. The van der Waals surface area contributed by atoms with Crippen LogP contribution in [0.5, 0.6) is 0 Å². The van der Waals surface area contributed by atoms with Crippen LogP contribution in [0.2, 0.25) is 0 Å². The lowest BCUT2D eigenvalue weighted by atomic mass is 10.3. The maximum atomic E-state index is 12.2. The van der Waals surface area contributed by atoms with Crippen LogP contribution in [0.15, 0.2) is 45.3 Å². The van der Waals surface area contributed by atoms with Gasteiger partial charge in [-0.1, -0.05) is 18.2 Å². The van der Waals surface area contributed by atoms with Gasteiger partial charge in [-0.05, 0) is 19.1 Å². The van der Waals surface area contributed by atoms with E-state index >= 15 is 0 Å². The first-order valence-corrected chi connectivity index (χ1v) is 5.58. The first kappa shape index (κ1) is 12.6. The Morgan fingerprint density at radius 2 is 2.00 bits per heavy atom. The fourth-order valence-corrected chi connectivity index (χ4v) is 1.62. The zero-order chi connectivity index (χ0) is 13.8. The maximum Gasteiger partial charge on any atom is 0.280 e. The summed E-state index contributed by atoms with van der Waals surface area (Å²) in [5.41, 5.74) is 11.9. The van der Waals surface area contributed by atoms with Crippen molar-refractivity contribution in [2.45, 2.75) is 6.92 Å². The van der Waals surface area contributed by atoms with Crippen molar-refractivity contribution in [3.05, 3.63) is 51.9 Å². The molecule has 0 fully saturated rings. The molecule has 1 aromatic carbocycles. The predicted octanol–water partition coefficient (Wildman–Crippen LogP) is 0.0813. The molecule has 0 aliphatic rings. The number of rotatable bonds is 3. The first-order valence-electron chi connectivity index (χ1n) is 5.58. The summed E-state index contributed by atoms with van der Waals surface area (Å²) in [7, 11) is 0. The van der Waals surface area contributed by atoms with Crippen LogP contribution in [-0.4, -0.2) is 22.0 Å². The molecule has 0 atom stereocenters. The summed E-state index contributed by atoms with van der Waals surface area (Å²) in [5.74, 6) is -0.159. The highest BCUT2D eigenvalue weighted by molar-refractivity contribution is 5.82. The average molecular weight is 258 g/mol. The Kier molecular flexibility index (Phi) is 3.46. The number of para-hydroxylation sites is 1. The van der Waals surface area contributed by atoms with Crippen molar-refractivity contribution in [3.8, 4) is 5.69 Å². The topological polar surface area (TPSA) is 115 Å². The summed E-state index contributed by atoms with van der Waals surface area (Å²) in [4.78, 5) is 12.2. The van der Waals surface area contributed by atoms with Gasteiger partial charge in [-0.15, -0.1) is 5.10 Å². The zero-order valence-electron chi connectivity index (χ0n) is 10.4. The molecular formula is C12H14N6O. The number of nitrogens with one attached hydrogen (secondary N) is 1. The Morgan fingerprint density at radius 3 is 2.63 bits per heavy atom. The average Bonchev–Trinajstić information content (AvgIpc) is 2.67. The van der Waals surface area contributed by atoms with Gasteiger partial charge in [0, 0.05) is 5.69 Å². The Morgan fingerprint density at radius 1 is 1.32 bits per heavy atom. The van der Waals surface area contributed by atoms with Crippen molar-refractivity contribution >= 4 is 12.2 Å². The summed E-state index contributed by atoms with van der Waals surface area (Å²) in [6, 6.07) is 9.24. The number of nitrogens with zero attached hydrogens (tertiary/aromatic N) is 3. The third-order valence-electron chi connectivity index (χ3n) is 2.49. The van der Waals surface area contributed by atoms with Crippen LogP contribution in [0.3, 0.4) is 0 Å².